The van der Waals surface area contributed by atoms with Gasteiger partial charge in [-0.05, 0) is 55.7 Å². The summed E-state index contributed by atoms with van der Waals surface area (Å²) in [5.74, 6) is 0.890. The second kappa shape index (κ2) is 14.6. The molecule has 1 aliphatic carbocycles. The predicted molar refractivity (Wildman–Crippen MR) is 136 cm³/mol. The number of guanidine groups is 1. The first-order valence-corrected chi connectivity index (χ1v) is 11.0. The molecule has 0 aliphatic heterocycles. The number of rotatable bonds is 11. The molecule has 1 aromatic rings. The van der Waals surface area contributed by atoms with Gasteiger partial charge in [-0.25, -0.2) is 0 Å². The lowest BCUT2D eigenvalue weighted by Crippen LogP contribution is -2.43. The number of benzene rings is 1. The smallest absolute Gasteiger partial charge is 0.224 e. The van der Waals surface area contributed by atoms with E-state index in [2.05, 4.69) is 27.9 Å². The highest BCUT2D eigenvalue weighted by Crippen LogP contribution is 2.40. The Morgan fingerprint density at radius 3 is 2.43 bits per heavy atom. The Hall–Kier alpha value is -1.35. The van der Waals surface area contributed by atoms with Gasteiger partial charge >= 0.3 is 0 Å². The van der Waals surface area contributed by atoms with Gasteiger partial charge in [0.05, 0.1) is 0 Å². The summed E-state index contributed by atoms with van der Waals surface area (Å²) in [5.41, 5.74) is 2.31. The summed E-state index contributed by atoms with van der Waals surface area (Å²) in [7, 11) is 1.81. The van der Waals surface area contributed by atoms with Gasteiger partial charge in [-0.15, -0.1) is 24.0 Å². The average molecular weight is 530 g/mol. The van der Waals surface area contributed by atoms with Crippen LogP contribution in [0.5, 0.6) is 0 Å². The van der Waals surface area contributed by atoms with E-state index >= 15 is 0 Å². The van der Waals surface area contributed by atoms with Crippen molar-refractivity contribution in [3.05, 3.63) is 29.8 Å². The Morgan fingerprint density at radius 1 is 1.13 bits per heavy atom. The van der Waals surface area contributed by atoms with E-state index in [1.54, 1.807) is 0 Å². The zero-order chi connectivity index (χ0) is 21.0. The van der Waals surface area contributed by atoms with Gasteiger partial charge in [0.25, 0.3) is 0 Å². The number of carbonyl (C=O) groups is 1. The van der Waals surface area contributed by atoms with Gasteiger partial charge in [-0.3, -0.25) is 9.79 Å². The van der Waals surface area contributed by atoms with Gasteiger partial charge in [0.15, 0.2) is 5.96 Å². The molecule has 0 spiro atoms. The maximum atomic E-state index is 11.7. The maximum Gasteiger partial charge on any atom is 0.224 e. The second-order valence-corrected chi connectivity index (χ2v) is 7.93. The highest BCUT2D eigenvalue weighted by molar-refractivity contribution is 14.0. The number of amides is 1. The van der Waals surface area contributed by atoms with E-state index in [0.29, 0.717) is 18.4 Å². The topological polar surface area (TPSA) is 74.8 Å². The molecule has 0 radical (unpaired) electrons. The molecule has 0 unspecified atom stereocenters. The molecule has 170 valence electrons. The molecule has 2 rings (SSSR count). The van der Waals surface area contributed by atoms with E-state index in [1.807, 2.05) is 38.2 Å². The van der Waals surface area contributed by atoms with Crippen LogP contribution in [0.3, 0.4) is 0 Å². The lowest BCUT2D eigenvalue weighted by Gasteiger charge is -2.30. The van der Waals surface area contributed by atoms with Crippen LogP contribution in [-0.2, 0) is 16.1 Å². The third kappa shape index (κ3) is 9.20. The van der Waals surface area contributed by atoms with Gasteiger partial charge < -0.3 is 20.7 Å². The van der Waals surface area contributed by atoms with Crippen LogP contribution in [0.2, 0.25) is 0 Å². The van der Waals surface area contributed by atoms with Crippen molar-refractivity contribution in [1.29, 1.82) is 0 Å². The Morgan fingerprint density at radius 2 is 1.83 bits per heavy atom. The van der Waals surface area contributed by atoms with E-state index in [1.165, 1.54) is 25.7 Å². The Labute approximate surface area is 199 Å². The number of anilines is 1. The highest BCUT2D eigenvalue weighted by Gasteiger charge is 2.33. The summed E-state index contributed by atoms with van der Waals surface area (Å²) in [6, 6.07) is 7.95. The first kappa shape index (κ1) is 26.7. The van der Waals surface area contributed by atoms with Crippen molar-refractivity contribution in [3.63, 3.8) is 0 Å². The van der Waals surface area contributed by atoms with Crippen molar-refractivity contribution in [2.24, 2.45) is 10.4 Å². The molecule has 1 fully saturated rings. The maximum absolute atomic E-state index is 11.7. The largest absolute Gasteiger partial charge is 0.382 e. The van der Waals surface area contributed by atoms with E-state index in [4.69, 9.17) is 4.74 Å². The number of halogens is 1. The molecule has 6 nitrogen and oxygen atoms in total. The fraction of sp³-hybridized carbons (Fsp3) is 0.652. The first-order chi connectivity index (χ1) is 14.1. The minimum absolute atomic E-state index is 0. The molecule has 0 aromatic heterocycles. The normalized spacial score (nSPS) is 15.4. The van der Waals surface area contributed by atoms with Crippen LogP contribution >= 0.6 is 24.0 Å². The van der Waals surface area contributed by atoms with Crippen molar-refractivity contribution < 1.29 is 9.53 Å². The first-order valence-electron chi connectivity index (χ1n) is 11.0. The minimum atomic E-state index is 0. The summed E-state index contributed by atoms with van der Waals surface area (Å²) in [5, 5.41) is 9.84. The standard InChI is InChI=1S/C23H38N4O2.HI/c1-4-8-21(28)27-20-11-9-19(10-12-20)17-25-22(24-3)26-18-23(13-6-7-14-23)15-16-29-5-2;/h9-12H,4-8,13-18H2,1-3H3,(H,27,28)(H2,24,25,26);1H. The third-order valence-electron chi connectivity index (χ3n) is 5.67. The monoisotopic (exact) mass is 530 g/mol. The fourth-order valence-corrected chi connectivity index (χ4v) is 3.91. The molecule has 1 aliphatic rings. The summed E-state index contributed by atoms with van der Waals surface area (Å²) >= 11 is 0. The molecule has 0 bridgehead atoms. The van der Waals surface area contributed by atoms with Crippen LogP contribution in [-0.4, -0.2) is 38.7 Å². The SMILES string of the molecule is CCCC(=O)Nc1ccc(CNC(=NC)NCC2(CCOCC)CCCC2)cc1.I. The van der Waals surface area contributed by atoms with Crippen LogP contribution in [0, 0.1) is 5.41 Å². The van der Waals surface area contributed by atoms with Crippen molar-refractivity contribution >= 4 is 41.5 Å². The highest BCUT2D eigenvalue weighted by atomic mass is 127. The van der Waals surface area contributed by atoms with E-state index in [9.17, 15) is 4.79 Å². The second-order valence-electron chi connectivity index (χ2n) is 7.93. The number of ether oxygens (including phenoxy) is 1. The van der Waals surface area contributed by atoms with Gasteiger partial charge in [0.2, 0.25) is 5.91 Å². The van der Waals surface area contributed by atoms with Crippen LogP contribution < -0.4 is 16.0 Å². The number of hydrogen-bond acceptors (Lipinski definition) is 3. The van der Waals surface area contributed by atoms with Crippen LogP contribution in [0.1, 0.15) is 64.4 Å². The Bertz CT molecular complexity index is 643. The van der Waals surface area contributed by atoms with Crippen LogP contribution in [0.25, 0.3) is 0 Å². The van der Waals surface area contributed by atoms with Crippen molar-refractivity contribution in [3.8, 4) is 0 Å². The summed E-state index contributed by atoms with van der Waals surface area (Å²) in [6.45, 7) is 7.30. The number of hydrogen-bond donors (Lipinski definition) is 3. The van der Waals surface area contributed by atoms with E-state index < -0.39 is 0 Å². The van der Waals surface area contributed by atoms with Crippen molar-refractivity contribution in [2.45, 2.75) is 65.3 Å². The molecule has 0 atom stereocenters. The number of nitrogens with one attached hydrogen (secondary N) is 3. The van der Waals surface area contributed by atoms with Gasteiger partial charge in [0.1, 0.15) is 0 Å². The molecule has 1 amide bonds. The Balaban J connectivity index is 0.00000450. The fourth-order valence-electron chi connectivity index (χ4n) is 3.91. The lowest BCUT2D eigenvalue weighted by molar-refractivity contribution is -0.116. The lowest BCUT2D eigenvalue weighted by atomic mass is 9.83. The summed E-state index contributed by atoms with van der Waals surface area (Å²) in [6.07, 6.45) is 7.65. The number of aliphatic imine (C=N–C) groups is 1. The molecule has 30 heavy (non-hydrogen) atoms. The summed E-state index contributed by atoms with van der Waals surface area (Å²) in [4.78, 5) is 16.1. The molecule has 1 aromatic carbocycles. The predicted octanol–water partition coefficient (Wildman–Crippen LogP) is 4.70. The molecular formula is C23H39IN4O2. The van der Waals surface area contributed by atoms with Gasteiger partial charge in [0, 0.05) is 45.5 Å². The molecule has 3 N–H and O–H groups in total. The van der Waals surface area contributed by atoms with Crippen molar-refractivity contribution in [2.75, 3.05) is 32.1 Å². The van der Waals surface area contributed by atoms with Gasteiger partial charge in [-0.2, -0.15) is 0 Å². The molecule has 1 saturated carbocycles. The molecule has 0 heterocycles. The van der Waals surface area contributed by atoms with E-state index in [0.717, 1.165) is 49.8 Å². The molecular weight excluding hydrogens is 491 g/mol. The van der Waals surface area contributed by atoms with Gasteiger partial charge in [-0.1, -0.05) is 31.9 Å². The minimum Gasteiger partial charge on any atom is -0.382 e. The average Bonchev–Trinajstić information content (AvgIpc) is 3.19. The zero-order valence-electron chi connectivity index (χ0n) is 18.8. The summed E-state index contributed by atoms with van der Waals surface area (Å²) < 4.78 is 5.61. The quantitative estimate of drug-likeness (QED) is 0.168. The number of carbonyl (C=O) groups excluding carboxylic acids is 1. The molecule has 0 saturated heterocycles. The zero-order valence-corrected chi connectivity index (χ0v) is 21.1. The van der Waals surface area contributed by atoms with E-state index in [-0.39, 0.29) is 29.9 Å². The van der Waals surface area contributed by atoms with Crippen molar-refractivity contribution in [1.82, 2.24) is 10.6 Å². The van der Waals surface area contributed by atoms with Crippen LogP contribution in [0.4, 0.5) is 5.69 Å². The Kier molecular flexibility index (Phi) is 13.0. The molecule has 7 heteroatoms. The van der Waals surface area contributed by atoms with Crippen LogP contribution in [0.15, 0.2) is 29.3 Å². The third-order valence-corrected chi connectivity index (χ3v) is 5.67. The number of nitrogens with zero attached hydrogens (tertiary/aromatic N) is 1.